The molecule has 106 valence electrons. The highest BCUT2D eigenvalue weighted by Gasteiger charge is 2.22. The number of nitrogens with one attached hydrogen (secondary N) is 1. The topological polar surface area (TPSA) is 70.5 Å². The third-order valence-electron chi connectivity index (χ3n) is 2.90. The zero-order valence-electron chi connectivity index (χ0n) is 11.0. The smallest absolute Gasteiger partial charge is 0.224 e. The fourth-order valence-corrected chi connectivity index (χ4v) is 2.37. The van der Waals surface area contributed by atoms with Gasteiger partial charge in [-0.1, -0.05) is 6.92 Å². The van der Waals surface area contributed by atoms with Crippen LogP contribution in [0.15, 0.2) is 10.7 Å². The van der Waals surface area contributed by atoms with Crippen molar-refractivity contribution in [2.75, 3.05) is 43.1 Å². The Bertz CT molecular complexity index is 419. The molecule has 19 heavy (non-hydrogen) atoms. The normalized spacial score (nSPS) is 19.5. The van der Waals surface area contributed by atoms with E-state index in [1.807, 2.05) is 0 Å². The zero-order chi connectivity index (χ0) is 13.7. The molecule has 0 saturated carbocycles. The van der Waals surface area contributed by atoms with Crippen LogP contribution in [-0.2, 0) is 4.74 Å². The Morgan fingerprint density at radius 3 is 3.21 bits per heavy atom. The van der Waals surface area contributed by atoms with Gasteiger partial charge in [0.25, 0.3) is 0 Å². The van der Waals surface area contributed by atoms with E-state index in [-0.39, 0.29) is 12.7 Å². The van der Waals surface area contributed by atoms with Crippen LogP contribution in [0.4, 0.5) is 11.8 Å². The highest BCUT2D eigenvalue weighted by atomic mass is 79.9. The van der Waals surface area contributed by atoms with Gasteiger partial charge in [0.1, 0.15) is 5.82 Å². The summed E-state index contributed by atoms with van der Waals surface area (Å²) in [5.74, 6) is 1.47. The van der Waals surface area contributed by atoms with Crippen LogP contribution in [0, 0.1) is 0 Å². The van der Waals surface area contributed by atoms with Gasteiger partial charge in [-0.15, -0.1) is 0 Å². The molecule has 1 fully saturated rings. The van der Waals surface area contributed by atoms with Crippen LogP contribution in [-0.4, -0.2) is 54.0 Å². The number of anilines is 2. The molecule has 2 heterocycles. The van der Waals surface area contributed by atoms with Crippen LogP contribution >= 0.6 is 15.9 Å². The summed E-state index contributed by atoms with van der Waals surface area (Å²) in [5, 5.41) is 12.4. The number of rotatable bonds is 5. The first-order valence-corrected chi connectivity index (χ1v) is 7.27. The van der Waals surface area contributed by atoms with E-state index in [9.17, 15) is 5.11 Å². The minimum atomic E-state index is -0.150. The monoisotopic (exact) mass is 330 g/mol. The van der Waals surface area contributed by atoms with E-state index >= 15 is 0 Å². The molecule has 7 heteroatoms. The zero-order valence-corrected chi connectivity index (χ0v) is 12.6. The first-order chi connectivity index (χ1) is 9.24. The molecule has 0 spiro atoms. The Hall–Kier alpha value is -0.920. The lowest BCUT2D eigenvalue weighted by Gasteiger charge is -2.33. The molecule has 0 aliphatic carbocycles. The van der Waals surface area contributed by atoms with Crippen LogP contribution in [0.5, 0.6) is 0 Å². The number of aliphatic hydroxyl groups excluding tert-OH is 1. The Labute approximate surface area is 121 Å². The van der Waals surface area contributed by atoms with Gasteiger partial charge in [-0.25, -0.2) is 4.98 Å². The minimum Gasteiger partial charge on any atom is -0.394 e. The highest BCUT2D eigenvalue weighted by Crippen LogP contribution is 2.25. The van der Waals surface area contributed by atoms with Gasteiger partial charge in [0.15, 0.2) is 0 Å². The second-order valence-corrected chi connectivity index (χ2v) is 5.27. The van der Waals surface area contributed by atoms with Crippen LogP contribution in [0.1, 0.15) is 13.3 Å². The maximum absolute atomic E-state index is 9.19. The van der Waals surface area contributed by atoms with Crippen molar-refractivity contribution in [1.29, 1.82) is 0 Å². The molecule has 1 aromatic heterocycles. The number of ether oxygens (including phenoxy) is 1. The molecular formula is C12H19BrN4O2. The van der Waals surface area contributed by atoms with E-state index in [1.165, 1.54) is 0 Å². The quantitative estimate of drug-likeness (QED) is 0.847. The largest absolute Gasteiger partial charge is 0.394 e. The number of hydrogen-bond acceptors (Lipinski definition) is 6. The molecule has 6 nitrogen and oxygen atoms in total. The summed E-state index contributed by atoms with van der Waals surface area (Å²) < 4.78 is 6.30. The third-order valence-corrected chi connectivity index (χ3v) is 3.46. The van der Waals surface area contributed by atoms with E-state index in [0.29, 0.717) is 19.1 Å². The van der Waals surface area contributed by atoms with Gasteiger partial charge in [0.05, 0.1) is 23.8 Å². The van der Waals surface area contributed by atoms with Crippen molar-refractivity contribution in [3.05, 3.63) is 10.7 Å². The van der Waals surface area contributed by atoms with Gasteiger partial charge < -0.3 is 20.1 Å². The number of halogens is 1. The summed E-state index contributed by atoms with van der Waals surface area (Å²) in [6, 6.07) is 0. The summed E-state index contributed by atoms with van der Waals surface area (Å²) >= 11 is 3.48. The van der Waals surface area contributed by atoms with Crippen molar-refractivity contribution in [2.24, 2.45) is 0 Å². The summed E-state index contributed by atoms with van der Waals surface area (Å²) in [5.41, 5.74) is 0. The van der Waals surface area contributed by atoms with Crippen molar-refractivity contribution in [1.82, 2.24) is 9.97 Å². The average molecular weight is 331 g/mol. The van der Waals surface area contributed by atoms with Crippen molar-refractivity contribution >= 4 is 27.7 Å². The van der Waals surface area contributed by atoms with Crippen LogP contribution in [0.25, 0.3) is 0 Å². The molecule has 1 aliphatic heterocycles. The lowest BCUT2D eigenvalue weighted by Crippen LogP contribution is -2.44. The Morgan fingerprint density at radius 1 is 1.63 bits per heavy atom. The SMILES string of the molecule is CCCNc1ncc(Br)c(N2CCOC(CO)C2)n1. The molecule has 2 N–H and O–H groups in total. The Morgan fingerprint density at radius 2 is 2.47 bits per heavy atom. The number of aromatic nitrogens is 2. The van der Waals surface area contributed by atoms with E-state index in [2.05, 4.69) is 43.0 Å². The van der Waals surface area contributed by atoms with E-state index in [1.54, 1.807) is 6.20 Å². The molecule has 1 atom stereocenters. The molecule has 0 radical (unpaired) electrons. The maximum atomic E-state index is 9.19. The van der Waals surface area contributed by atoms with Gasteiger partial charge in [-0.05, 0) is 22.4 Å². The lowest BCUT2D eigenvalue weighted by molar-refractivity contribution is 0.00332. The summed E-state index contributed by atoms with van der Waals surface area (Å²) in [6.45, 7) is 4.97. The summed E-state index contributed by atoms with van der Waals surface area (Å²) in [7, 11) is 0. The predicted octanol–water partition coefficient (Wildman–Crippen LogP) is 1.26. The number of morpholine rings is 1. The second kappa shape index (κ2) is 7.02. The molecule has 1 saturated heterocycles. The van der Waals surface area contributed by atoms with Gasteiger partial charge in [-0.3, -0.25) is 0 Å². The van der Waals surface area contributed by atoms with Crippen molar-refractivity contribution < 1.29 is 9.84 Å². The maximum Gasteiger partial charge on any atom is 0.224 e. The molecule has 1 unspecified atom stereocenters. The van der Waals surface area contributed by atoms with Gasteiger partial charge in [0, 0.05) is 25.8 Å². The molecule has 0 bridgehead atoms. The number of hydrogen-bond donors (Lipinski definition) is 2. The number of aliphatic hydroxyl groups is 1. The third kappa shape index (κ3) is 3.77. The first-order valence-electron chi connectivity index (χ1n) is 6.48. The predicted molar refractivity (Wildman–Crippen MR) is 77.6 cm³/mol. The van der Waals surface area contributed by atoms with Crippen molar-refractivity contribution in [3.63, 3.8) is 0 Å². The van der Waals surface area contributed by atoms with E-state index < -0.39 is 0 Å². The van der Waals surface area contributed by atoms with Crippen molar-refractivity contribution in [3.8, 4) is 0 Å². The fraction of sp³-hybridized carbons (Fsp3) is 0.667. The van der Waals surface area contributed by atoms with Gasteiger partial charge in [0.2, 0.25) is 5.95 Å². The fourth-order valence-electron chi connectivity index (χ4n) is 1.92. The molecule has 1 aromatic rings. The summed E-state index contributed by atoms with van der Waals surface area (Å²) in [4.78, 5) is 10.9. The second-order valence-electron chi connectivity index (χ2n) is 4.41. The lowest BCUT2D eigenvalue weighted by atomic mass is 10.3. The van der Waals surface area contributed by atoms with Crippen LogP contribution < -0.4 is 10.2 Å². The molecule has 0 amide bonds. The van der Waals surface area contributed by atoms with Gasteiger partial charge in [-0.2, -0.15) is 4.98 Å². The van der Waals surface area contributed by atoms with Crippen molar-refractivity contribution in [2.45, 2.75) is 19.4 Å². The number of nitrogens with zero attached hydrogens (tertiary/aromatic N) is 3. The molecule has 0 aromatic carbocycles. The first kappa shape index (κ1) is 14.5. The Balaban J connectivity index is 2.13. The van der Waals surface area contributed by atoms with E-state index in [4.69, 9.17) is 4.74 Å². The Kier molecular flexibility index (Phi) is 5.35. The van der Waals surface area contributed by atoms with Crippen LogP contribution in [0.3, 0.4) is 0 Å². The minimum absolute atomic E-state index is 0.0279. The van der Waals surface area contributed by atoms with Gasteiger partial charge >= 0.3 is 0 Å². The molecular weight excluding hydrogens is 312 g/mol. The average Bonchev–Trinajstić information content (AvgIpc) is 2.46. The van der Waals surface area contributed by atoms with Crippen LogP contribution in [0.2, 0.25) is 0 Å². The summed E-state index contributed by atoms with van der Waals surface area (Å²) in [6.07, 6.45) is 2.63. The molecule has 2 rings (SSSR count). The van der Waals surface area contributed by atoms with E-state index in [0.717, 1.165) is 29.8 Å². The standard InChI is InChI=1S/C12H19BrN4O2/c1-2-3-14-12-15-6-10(13)11(16-12)17-4-5-19-9(7-17)8-18/h6,9,18H,2-5,7-8H2,1H3,(H,14,15,16). The highest BCUT2D eigenvalue weighted by molar-refractivity contribution is 9.10. The molecule has 1 aliphatic rings.